The van der Waals surface area contributed by atoms with Gasteiger partial charge in [-0.3, -0.25) is 4.90 Å². The molecular formula is C13H16N2O2. The lowest BCUT2D eigenvalue weighted by molar-refractivity contribution is 0.140. The first-order valence-corrected chi connectivity index (χ1v) is 6.16. The number of fused-ring (bicyclic) bond motifs is 1. The zero-order valence-electron chi connectivity index (χ0n) is 9.74. The molecule has 2 aliphatic rings. The zero-order valence-corrected chi connectivity index (χ0v) is 9.74. The fourth-order valence-corrected chi connectivity index (χ4v) is 2.42. The summed E-state index contributed by atoms with van der Waals surface area (Å²) in [6, 6.07) is 6.16. The number of ether oxygens (including phenoxy) is 1. The Morgan fingerprint density at radius 1 is 1.29 bits per heavy atom. The molecule has 1 aromatic carbocycles. The van der Waals surface area contributed by atoms with Crippen LogP contribution in [-0.2, 0) is 11.2 Å². The Morgan fingerprint density at radius 3 is 3.12 bits per heavy atom. The van der Waals surface area contributed by atoms with Crippen LogP contribution in [-0.4, -0.2) is 25.8 Å². The van der Waals surface area contributed by atoms with Gasteiger partial charge in [-0.15, -0.1) is 0 Å². The van der Waals surface area contributed by atoms with Crippen LogP contribution in [0.15, 0.2) is 18.2 Å². The predicted octanol–water partition coefficient (Wildman–Crippen LogP) is 2.39. The largest absolute Gasteiger partial charge is 0.449 e. The van der Waals surface area contributed by atoms with Crippen molar-refractivity contribution in [1.29, 1.82) is 0 Å². The number of hydrogen-bond donors (Lipinski definition) is 1. The number of cyclic esters (lactones) is 1. The Hall–Kier alpha value is -1.71. The second-order valence-electron chi connectivity index (χ2n) is 4.49. The van der Waals surface area contributed by atoms with Gasteiger partial charge in [0.05, 0.1) is 6.61 Å². The number of carbonyl (C=O) groups is 1. The molecule has 4 nitrogen and oxygen atoms in total. The molecule has 1 amide bonds. The topological polar surface area (TPSA) is 41.6 Å². The van der Waals surface area contributed by atoms with Crippen molar-refractivity contribution in [2.24, 2.45) is 0 Å². The molecule has 1 fully saturated rings. The van der Waals surface area contributed by atoms with Gasteiger partial charge >= 0.3 is 6.09 Å². The summed E-state index contributed by atoms with van der Waals surface area (Å²) < 4.78 is 5.06. The molecule has 2 heterocycles. The minimum Gasteiger partial charge on any atom is -0.449 e. The number of rotatable bonds is 1. The summed E-state index contributed by atoms with van der Waals surface area (Å²) in [6.45, 7) is 2.34. The molecule has 0 atom stereocenters. The van der Waals surface area contributed by atoms with Gasteiger partial charge in [-0.2, -0.15) is 0 Å². The fraction of sp³-hybridized carbons (Fsp3) is 0.462. The molecule has 1 saturated heterocycles. The van der Waals surface area contributed by atoms with Gasteiger partial charge in [-0.25, -0.2) is 4.79 Å². The Kier molecular flexibility index (Phi) is 2.63. The minimum absolute atomic E-state index is 0.222. The number of benzene rings is 1. The van der Waals surface area contributed by atoms with Crippen LogP contribution >= 0.6 is 0 Å². The molecule has 3 rings (SSSR count). The average Bonchev–Trinajstić information content (AvgIpc) is 2.39. The Morgan fingerprint density at radius 2 is 2.24 bits per heavy atom. The summed E-state index contributed by atoms with van der Waals surface area (Å²) in [5.41, 5.74) is 3.45. The third-order valence-electron chi connectivity index (χ3n) is 3.31. The molecule has 0 saturated carbocycles. The van der Waals surface area contributed by atoms with Gasteiger partial charge in [0.15, 0.2) is 0 Å². The van der Waals surface area contributed by atoms with Crippen molar-refractivity contribution in [3.63, 3.8) is 0 Å². The molecule has 4 heteroatoms. The minimum atomic E-state index is -0.222. The molecule has 0 spiro atoms. The predicted molar refractivity (Wildman–Crippen MR) is 66.6 cm³/mol. The van der Waals surface area contributed by atoms with Crippen LogP contribution in [0.1, 0.15) is 18.4 Å². The molecule has 17 heavy (non-hydrogen) atoms. The smallest absolute Gasteiger partial charge is 0.414 e. The molecule has 0 radical (unpaired) electrons. The van der Waals surface area contributed by atoms with Crippen LogP contribution in [0.3, 0.4) is 0 Å². The van der Waals surface area contributed by atoms with E-state index in [0.29, 0.717) is 6.61 Å². The number of aryl methyl sites for hydroxylation is 1. The lowest BCUT2D eigenvalue weighted by Crippen LogP contribution is -2.37. The first-order chi connectivity index (χ1) is 8.34. The second-order valence-corrected chi connectivity index (χ2v) is 4.49. The van der Waals surface area contributed by atoms with Crippen molar-refractivity contribution in [3.05, 3.63) is 23.8 Å². The second kappa shape index (κ2) is 4.28. The number of amides is 1. The highest BCUT2D eigenvalue weighted by Crippen LogP contribution is 2.28. The van der Waals surface area contributed by atoms with Crippen molar-refractivity contribution in [2.45, 2.75) is 19.3 Å². The van der Waals surface area contributed by atoms with Gasteiger partial charge in [0, 0.05) is 24.5 Å². The van der Waals surface area contributed by atoms with Gasteiger partial charge < -0.3 is 10.1 Å². The van der Waals surface area contributed by atoms with E-state index in [1.54, 1.807) is 4.90 Å². The maximum Gasteiger partial charge on any atom is 0.414 e. The van der Waals surface area contributed by atoms with Crippen LogP contribution in [0.2, 0.25) is 0 Å². The van der Waals surface area contributed by atoms with Gasteiger partial charge in [0.2, 0.25) is 0 Å². The summed E-state index contributed by atoms with van der Waals surface area (Å²) in [5, 5.41) is 3.37. The first kappa shape index (κ1) is 10.4. The van der Waals surface area contributed by atoms with Crippen molar-refractivity contribution in [1.82, 2.24) is 0 Å². The van der Waals surface area contributed by atoms with Crippen LogP contribution in [0.5, 0.6) is 0 Å². The highest BCUT2D eigenvalue weighted by Gasteiger charge is 2.22. The van der Waals surface area contributed by atoms with Gasteiger partial charge in [0.1, 0.15) is 0 Å². The molecule has 90 valence electrons. The summed E-state index contributed by atoms with van der Waals surface area (Å²) in [4.78, 5) is 13.4. The highest BCUT2D eigenvalue weighted by atomic mass is 16.6. The SMILES string of the molecule is O=C1OCCCN1c1ccc2c(c1)CCCN2. The van der Waals surface area contributed by atoms with Crippen LogP contribution < -0.4 is 10.2 Å². The molecule has 0 aromatic heterocycles. The number of nitrogens with zero attached hydrogens (tertiary/aromatic N) is 1. The maximum absolute atomic E-state index is 11.7. The normalized spacial score (nSPS) is 19.3. The van der Waals surface area contributed by atoms with E-state index >= 15 is 0 Å². The van der Waals surface area contributed by atoms with E-state index in [2.05, 4.69) is 17.4 Å². The highest BCUT2D eigenvalue weighted by molar-refractivity contribution is 5.88. The third-order valence-corrected chi connectivity index (χ3v) is 3.31. The van der Waals surface area contributed by atoms with Gasteiger partial charge in [-0.05, 0) is 43.0 Å². The van der Waals surface area contributed by atoms with Crippen LogP contribution in [0, 0.1) is 0 Å². The molecule has 0 aliphatic carbocycles. The average molecular weight is 232 g/mol. The van der Waals surface area contributed by atoms with Crippen molar-refractivity contribution < 1.29 is 9.53 Å². The van der Waals surface area contributed by atoms with E-state index in [-0.39, 0.29) is 6.09 Å². The Balaban J connectivity index is 1.89. The van der Waals surface area contributed by atoms with E-state index in [1.165, 1.54) is 11.3 Å². The quantitative estimate of drug-likeness (QED) is 0.808. The number of anilines is 2. The number of nitrogens with one attached hydrogen (secondary N) is 1. The van der Waals surface area contributed by atoms with Gasteiger partial charge in [-0.1, -0.05) is 0 Å². The summed E-state index contributed by atoms with van der Waals surface area (Å²) >= 11 is 0. The van der Waals surface area contributed by atoms with Gasteiger partial charge in [0.25, 0.3) is 0 Å². The number of hydrogen-bond acceptors (Lipinski definition) is 3. The van der Waals surface area contributed by atoms with E-state index in [4.69, 9.17) is 4.74 Å². The van der Waals surface area contributed by atoms with Crippen molar-refractivity contribution >= 4 is 17.5 Å². The monoisotopic (exact) mass is 232 g/mol. The fourth-order valence-electron chi connectivity index (χ4n) is 2.42. The molecule has 2 aliphatic heterocycles. The number of carbonyl (C=O) groups excluding carboxylic acids is 1. The maximum atomic E-state index is 11.7. The van der Waals surface area contributed by atoms with E-state index in [9.17, 15) is 4.79 Å². The van der Waals surface area contributed by atoms with Crippen molar-refractivity contribution in [3.8, 4) is 0 Å². The zero-order chi connectivity index (χ0) is 11.7. The molecule has 1 aromatic rings. The summed E-state index contributed by atoms with van der Waals surface area (Å²) in [6.07, 6.45) is 2.92. The van der Waals surface area contributed by atoms with Crippen LogP contribution in [0.25, 0.3) is 0 Å². The summed E-state index contributed by atoms with van der Waals surface area (Å²) in [7, 11) is 0. The molecule has 0 unspecified atom stereocenters. The summed E-state index contributed by atoms with van der Waals surface area (Å²) in [5.74, 6) is 0. The Bertz CT molecular complexity index is 445. The van der Waals surface area contributed by atoms with E-state index in [1.807, 2.05) is 6.07 Å². The van der Waals surface area contributed by atoms with Crippen molar-refractivity contribution in [2.75, 3.05) is 29.9 Å². The first-order valence-electron chi connectivity index (χ1n) is 6.16. The Labute approximate surface area is 101 Å². The van der Waals surface area contributed by atoms with E-state index in [0.717, 1.165) is 38.0 Å². The molecule has 1 N–H and O–H groups in total. The lowest BCUT2D eigenvalue weighted by atomic mass is 10.0. The standard InChI is InChI=1S/C13H16N2O2/c16-13-15(7-2-8-17-13)11-4-5-12-10(9-11)3-1-6-14-12/h4-5,9,14H,1-3,6-8H2. The van der Waals surface area contributed by atoms with Crippen LogP contribution in [0.4, 0.5) is 16.2 Å². The molecular weight excluding hydrogens is 216 g/mol. The third kappa shape index (κ3) is 1.95. The van der Waals surface area contributed by atoms with E-state index < -0.39 is 0 Å². The lowest BCUT2D eigenvalue weighted by Gasteiger charge is -2.28. The molecule has 0 bridgehead atoms.